The highest BCUT2D eigenvalue weighted by Gasteiger charge is 2.15. The maximum atomic E-state index is 11.1. The molecule has 0 fully saturated rings. The lowest BCUT2D eigenvalue weighted by atomic mass is 10.2. The zero-order valence-corrected chi connectivity index (χ0v) is 10.0. The molecule has 0 aromatic heterocycles. The van der Waals surface area contributed by atoms with Crippen LogP contribution in [0.4, 0.5) is 0 Å². The number of esters is 1. The first-order valence-corrected chi connectivity index (χ1v) is 8.37. The van der Waals surface area contributed by atoms with Gasteiger partial charge in [0.05, 0.1) is 19.1 Å². The van der Waals surface area contributed by atoms with E-state index in [0.29, 0.717) is 6.61 Å². The van der Waals surface area contributed by atoms with E-state index in [1.807, 2.05) is 0 Å². The van der Waals surface area contributed by atoms with Crippen molar-refractivity contribution in [3.05, 3.63) is 0 Å². The van der Waals surface area contributed by atoms with Crippen LogP contribution in [0, 0.1) is 11.3 Å². The molecule has 0 aliphatic rings. The molecule has 0 heterocycles. The molecule has 2 N–H and O–H groups in total. The summed E-state index contributed by atoms with van der Waals surface area (Å²) in [6.07, 6.45) is -0.0117. The van der Waals surface area contributed by atoms with Crippen LogP contribution in [-0.2, 0) is 9.53 Å². The summed E-state index contributed by atoms with van der Waals surface area (Å²) < 4.78 is 4.96. The summed E-state index contributed by atoms with van der Waals surface area (Å²) in [6.45, 7) is 7.08. The number of hydrogen-bond acceptors (Lipinski definition) is 4. The van der Waals surface area contributed by atoms with Crippen molar-refractivity contribution in [2.45, 2.75) is 38.1 Å². The SMILES string of the molecule is C[Si](C)(C)CCOC(=O)CC(N)C#N. The molecule has 1 atom stereocenters. The summed E-state index contributed by atoms with van der Waals surface area (Å²) in [5.41, 5.74) is 5.28. The molecule has 1 unspecified atom stereocenters. The van der Waals surface area contributed by atoms with E-state index in [1.165, 1.54) is 0 Å². The molecule has 0 rings (SSSR count). The normalized spacial score (nSPS) is 13.1. The number of hydrogen-bond donors (Lipinski definition) is 1. The monoisotopic (exact) mass is 214 g/mol. The summed E-state index contributed by atoms with van der Waals surface area (Å²) >= 11 is 0. The minimum Gasteiger partial charge on any atom is -0.466 e. The van der Waals surface area contributed by atoms with E-state index in [0.717, 1.165) is 6.04 Å². The minimum atomic E-state index is -1.15. The predicted molar refractivity (Wildman–Crippen MR) is 57.3 cm³/mol. The lowest BCUT2D eigenvalue weighted by Crippen LogP contribution is -2.26. The van der Waals surface area contributed by atoms with Gasteiger partial charge in [-0.15, -0.1) is 0 Å². The topological polar surface area (TPSA) is 76.1 Å². The summed E-state index contributed by atoms with van der Waals surface area (Å²) in [6, 6.07) is 1.99. The van der Waals surface area contributed by atoms with Crippen molar-refractivity contribution < 1.29 is 9.53 Å². The second kappa shape index (κ2) is 5.78. The molecule has 0 saturated carbocycles. The van der Waals surface area contributed by atoms with Gasteiger partial charge in [-0.25, -0.2) is 0 Å². The highest BCUT2D eigenvalue weighted by molar-refractivity contribution is 6.76. The molecule has 0 aromatic carbocycles. The minimum absolute atomic E-state index is 0.0117. The molecular formula is C9H18N2O2Si. The number of nitrogens with two attached hydrogens (primary N) is 1. The Bertz CT molecular complexity index is 230. The third-order valence-electron chi connectivity index (χ3n) is 1.67. The molecule has 14 heavy (non-hydrogen) atoms. The number of rotatable bonds is 5. The molecule has 0 amide bonds. The number of carbonyl (C=O) groups is 1. The Morgan fingerprint density at radius 2 is 2.14 bits per heavy atom. The van der Waals surface area contributed by atoms with Crippen molar-refractivity contribution in [3.8, 4) is 6.07 Å². The second-order valence-corrected chi connectivity index (χ2v) is 10.1. The fourth-order valence-electron chi connectivity index (χ4n) is 0.755. The Balaban J connectivity index is 3.61. The molecule has 4 nitrogen and oxygen atoms in total. The molecular weight excluding hydrogens is 196 g/mol. The van der Waals surface area contributed by atoms with Crippen LogP contribution in [-0.4, -0.2) is 26.7 Å². The lowest BCUT2D eigenvalue weighted by Gasteiger charge is -2.15. The number of carbonyl (C=O) groups excluding carboxylic acids is 1. The maximum absolute atomic E-state index is 11.1. The van der Waals surface area contributed by atoms with Crippen molar-refractivity contribution in [2.24, 2.45) is 5.73 Å². The van der Waals surface area contributed by atoms with Gasteiger partial charge in [-0.05, 0) is 6.04 Å². The van der Waals surface area contributed by atoms with Crippen molar-refractivity contribution >= 4 is 14.0 Å². The van der Waals surface area contributed by atoms with Crippen molar-refractivity contribution in [2.75, 3.05) is 6.61 Å². The molecule has 0 aliphatic carbocycles. The molecule has 0 saturated heterocycles. The third kappa shape index (κ3) is 7.77. The molecule has 0 aromatic rings. The van der Waals surface area contributed by atoms with E-state index in [-0.39, 0.29) is 12.4 Å². The highest BCUT2D eigenvalue weighted by atomic mass is 28.3. The van der Waals surface area contributed by atoms with Gasteiger partial charge in [0.1, 0.15) is 6.04 Å². The van der Waals surface area contributed by atoms with Gasteiger partial charge in [-0.2, -0.15) is 5.26 Å². The molecule has 0 radical (unpaired) electrons. The van der Waals surface area contributed by atoms with Gasteiger partial charge in [0.25, 0.3) is 0 Å². The molecule has 5 heteroatoms. The van der Waals surface area contributed by atoms with Crippen LogP contribution < -0.4 is 5.73 Å². The van der Waals surface area contributed by atoms with Crippen molar-refractivity contribution in [1.29, 1.82) is 5.26 Å². The Morgan fingerprint density at radius 3 is 2.57 bits per heavy atom. The van der Waals surface area contributed by atoms with E-state index in [9.17, 15) is 4.79 Å². The van der Waals surface area contributed by atoms with Crippen LogP contribution in [0.25, 0.3) is 0 Å². The van der Waals surface area contributed by atoms with Gasteiger partial charge >= 0.3 is 5.97 Å². The van der Waals surface area contributed by atoms with Gasteiger partial charge in [0, 0.05) is 8.07 Å². The van der Waals surface area contributed by atoms with E-state index >= 15 is 0 Å². The van der Waals surface area contributed by atoms with E-state index in [2.05, 4.69) is 19.6 Å². The van der Waals surface area contributed by atoms with E-state index < -0.39 is 14.1 Å². The van der Waals surface area contributed by atoms with E-state index in [4.69, 9.17) is 15.7 Å². The van der Waals surface area contributed by atoms with Crippen LogP contribution in [0.2, 0.25) is 25.7 Å². The van der Waals surface area contributed by atoms with Crippen molar-refractivity contribution in [1.82, 2.24) is 0 Å². The predicted octanol–water partition coefficient (Wildman–Crippen LogP) is 1.11. The fraction of sp³-hybridized carbons (Fsp3) is 0.778. The Labute approximate surface area is 86.0 Å². The van der Waals surface area contributed by atoms with Crippen LogP contribution in [0.3, 0.4) is 0 Å². The van der Waals surface area contributed by atoms with E-state index in [1.54, 1.807) is 6.07 Å². The zero-order valence-electron chi connectivity index (χ0n) is 9.04. The molecule has 0 spiro atoms. The van der Waals surface area contributed by atoms with Crippen LogP contribution in [0.1, 0.15) is 6.42 Å². The summed E-state index contributed by atoms with van der Waals surface area (Å²) in [7, 11) is -1.15. The summed E-state index contributed by atoms with van der Waals surface area (Å²) in [5.74, 6) is -0.377. The first-order chi connectivity index (χ1) is 6.35. The van der Waals surface area contributed by atoms with Gasteiger partial charge in [-0.3, -0.25) is 4.79 Å². The highest BCUT2D eigenvalue weighted by Crippen LogP contribution is 2.07. The van der Waals surface area contributed by atoms with Gasteiger partial charge in [-0.1, -0.05) is 19.6 Å². The van der Waals surface area contributed by atoms with Gasteiger partial charge < -0.3 is 10.5 Å². The van der Waals surface area contributed by atoms with Crippen LogP contribution >= 0.6 is 0 Å². The third-order valence-corrected chi connectivity index (χ3v) is 3.37. The second-order valence-electron chi connectivity index (χ2n) is 4.47. The van der Waals surface area contributed by atoms with Crippen molar-refractivity contribution in [3.63, 3.8) is 0 Å². The average Bonchev–Trinajstić information content (AvgIpc) is 2.01. The lowest BCUT2D eigenvalue weighted by molar-refractivity contribution is -0.143. The smallest absolute Gasteiger partial charge is 0.308 e. The van der Waals surface area contributed by atoms with Gasteiger partial charge in [0.2, 0.25) is 0 Å². The fourth-order valence-corrected chi connectivity index (χ4v) is 1.47. The quantitative estimate of drug-likeness (QED) is 0.549. The first kappa shape index (κ1) is 13.1. The Hall–Kier alpha value is -0.863. The zero-order chi connectivity index (χ0) is 11.2. The molecule has 80 valence electrons. The standard InChI is InChI=1S/C9H18N2O2Si/c1-14(2,3)5-4-13-9(12)6-8(11)7-10/h8H,4-6,11H2,1-3H3. The molecule has 0 bridgehead atoms. The Morgan fingerprint density at radius 1 is 1.57 bits per heavy atom. The summed E-state index contributed by atoms with van der Waals surface area (Å²) in [5, 5.41) is 8.36. The number of nitriles is 1. The average molecular weight is 214 g/mol. The molecule has 0 aliphatic heterocycles. The number of ether oxygens (including phenoxy) is 1. The Kier molecular flexibility index (Phi) is 5.42. The largest absolute Gasteiger partial charge is 0.466 e. The first-order valence-electron chi connectivity index (χ1n) is 4.66. The summed E-state index contributed by atoms with van der Waals surface area (Å²) in [4.78, 5) is 11.1. The number of nitrogens with zero attached hydrogens (tertiary/aromatic N) is 1. The van der Waals surface area contributed by atoms with Crippen LogP contribution in [0.5, 0.6) is 0 Å². The van der Waals surface area contributed by atoms with Gasteiger partial charge in [0.15, 0.2) is 0 Å². The van der Waals surface area contributed by atoms with Crippen LogP contribution in [0.15, 0.2) is 0 Å². The maximum Gasteiger partial charge on any atom is 0.308 e.